The average molecular weight is 225 g/mol. The SMILES string of the molecule is CN(CC=CCN)Cc1ccccc1Cl. The maximum atomic E-state index is 6.06. The molecule has 3 heteroatoms. The number of halogens is 1. The minimum Gasteiger partial charge on any atom is -0.327 e. The number of rotatable bonds is 5. The summed E-state index contributed by atoms with van der Waals surface area (Å²) >= 11 is 6.06. The van der Waals surface area contributed by atoms with E-state index in [1.54, 1.807) is 0 Å². The number of hydrogen-bond donors (Lipinski definition) is 1. The van der Waals surface area contributed by atoms with Crippen LogP contribution in [0, 0.1) is 0 Å². The van der Waals surface area contributed by atoms with Gasteiger partial charge in [0, 0.05) is 24.7 Å². The predicted octanol–water partition coefficient (Wildman–Crippen LogP) is 2.29. The van der Waals surface area contributed by atoms with Crippen LogP contribution < -0.4 is 5.73 Å². The second-order valence-corrected chi connectivity index (χ2v) is 3.90. The van der Waals surface area contributed by atoms with Crippen molar-refractivity contribution in [2.75, 3.05) is 20.1 Å². The fourth-order valence-electron chi connectivity index (χ4n) is 1.33. The zero-order chi connectivity index (χ0) is 11.1. The van der Waals surface area contributed by atoms with Gasteiger partial charge in [-0.1, -0.05) is 42.0 Å². The van der Waals surface area contributed by atoms with Crippen LogP contribution in [0.5, 0.6) is 0 Å². The third kappa shape index (κ3) is 4.47. The van der Waals surface area contributed by atoms with Crippen LogP contribution in [0.2, 0.25) is 5.02 Å². The molecule has 0 saturated heterocycles. The van der Waals surface area contributed by atoms with Crippen molar-refractivity contribution in [1.29, 1.82) is 0 Å². The van der Waals surface area contributed by atoms with Crippen LogP contribution in [0.4, 0.5) is 0 Å². The Morgan fingerprint density at radius 2 is 2.07 bits per heavy atom. The van der Waals surface area contributed by atoms with Crippen molar-refractivity contribution in [3.8, 4) is 0 Å². The highest BCUT2D eigenvalue weighted by atomic mass is 35.5. The fraction of sp³-hybridized carbons (Fsp3) is 0.333. The van der Waals surface area contributed by atoms with E-state index in [1.165, 1.54) is 0 Å². The van der Waals surface area contributed by atoms with Crippen molar-refractivity contribution in [3.05, 3.63) is 47.0 Å². The molecule has 0 spiro atoms. The monoisotopic (exact) mass is 224 g/mol. The zero-order valence-corrected chi connectivity index (χ0v) is 9.74. The van der Waals surface area contributed by atoms with Crippen LogP contribution in [0.25, 0.3) is 0 Å². The van der Waals surface area contributed by atoms with Crippen LogP contribution in [0.15, 0.2) is 36.4 Å². The standard InChI is InChI=1S/C12H17ClN2/c1-15(9-5-4-8-14)10-11-6-2-3-7-12(11)13/h2-7H,8-10,14H2,1H3. The molecule has 0 heterocycles. The summed E-state index contributed by atoms with van der Waals surface area (Å²) in [5.74, 6) is 0. The van der Waals surface area contributed by atoms with E-state index >= 15 is 0 Å². The van der Waals surface area contributed by atoms with Gasteiger partial charge in [0.15, 0.2) is 0 Å². The number of benzene rings is 1. The normalized spacial score (nSPS) is 11.5. The van der Waals surface area contributed by atoms with Gasteiger partial charge in [0.1, 0.15) is 0 Å². The third-order valence-corrected chi connectivity index (χ3v) is 2.49. The molecule has 2 N–H and O–H groups in total. The summed E-state index contributed by atoms with van der Waals surface area (Å²) in [4.78, 5) is 2.19. The van der Waals surface area contributed by atoms with Crippen molar-refractivity contribution >= 4 is 11.6 Å². The molecule has 0 aliphatic carbocycles. The van der Waals surface area contributed by atoms with Crippen molar-refractivity contribution in [2.24, 2.45) is 5.73 Å². The van der Waals surface area contributed by atoms with Gasteiger partial charge in [-0.15, -0.1) is 0 Å². The Hall–Kier alpha value is -0.830. The zero-order valence-electron chi connectivity index (χ0n) is 8.99. The highest BCUT2D eigenvalue weighted by Crippen LogP contribution is 2.16. The lowest BCUT2D eigenvalue weighted by atomic mass is 10.2. The summed E-state index contributed by atoms with van der Waals surface area (Å²) < 4.78 is 0. The van der Waals surface area contributed by atoms with Gasteiger partial charge in [-0.25, -0.2) is 0 Å². The van der Waals surface area contributed by atoms with Gasteiger partial charge < -0.3 is 5.73 Å². The van der Waals surface area contributed by atoms with E-state index in [-0.39, 0.29) is 0 Å². The van der Waals surface area contributed by atoms with Gasteiger partial charge >= 0.3 is 0 Å². The summed E-state index contributed by atoms with van der Waals surface area (Å²) in [7, 11) is 2.06. The first-order valence-electron chi connectivity index (χ1n) is 5.01. The molecule has 2 nitrogen and oxygen atoms in total. The van der Waals surface area contributed by atoms with Crippen molar-refractivity contribution < 1.29 is 0 Å². The number of nitrogens with two attached hydrogens (primary N) is 1. The van der Waals surface area contributed by atoms with Gasteiger partial charge in [-0.3, -0.25) is 4.90 Å². The summed E-state index contributed by atoms with van der Waals surface area (Å²) in [6.45, 7) is 2.34. The quantitative estimate of drug-likeness (QED) is 0.778. The molecule has 0 bridgehead atoms. The first-order chi connectivity index (χ1) is 7.24. The number of likely N-dealkylation sites (N-methyl/N-ethyl adjacent to an activating group) is 1. The molecule has 15 heavy (non-hydrogen) atoms. The Balaban J connectivity index is 2.47. The van der Waals surface area contributed by atoms with E-state index in [4.69, 9.17) is 17.3 Å². The van der Waals surface area contributed by atoms with E-state index in [1.807, 2.05) is 30.3 Å². The van der Waals surface area contributed by atoms with Gasteiger partial charge in [0.05, 0.1) is 0 Å². The molecule has 82 valence electrons. The lowest BCUT2D eigenvalue weighted by molar-refractivity contribution is 0.363. The van der Waals surface area contributed by atoms with Crippen LogP contribution in [0.3, 0.4) is 0 Å². The average Bonchev–Trinajstić information content (AvgIpc) is 2.22. The summed E-state index contributed by atoms with van der Waals surface area (Å²) in [6, 6.07) is 7.91. The summed E-state index contributed by atoms with van der Waals surface area (Å²) in [5.41, 5.74) is 6.52. The Kier molecular flexibility index (Phi) is 5.40. The lowest BCUT2D eigenvalue weighted by Crippen LogP contribution is -2.18. The van der Waals surface area contributed by atoms with E-state index in [2.05, 4.69) is 18.0 Å². The predicted molar refractivity (Wildman–Crippen MR) is 66.0 cm³/mol. The van der Waals surface area contributed by atoms with Crippen molar-refractivity contribution in [1.82, 2.24) is 4.90 Å². The van der Waals surface area contributed by atoms with E-state index in [0.717, 1.165) is 23.7 Å². The molecule has 0 aliphatic heterocycles. The smallest absolute Gasteiger partial charge is 0.0451 e. The van der Waals surface area contributed by atoms with Gasteiger partial charge in [0.25, 0.3) is 0 Å². The minimum atomic E-state index is 0.597. The number of nitrogens with zero attached hydrogens (tertiary/aromatic N) is 1. The maximum absolute atomic E-state index is 6.06. The van der Waals surface area contributed by atoms with Crippen LogP contribution >= 0.6 is 11.6 Å². The second kappa shape index (κ2) is 6.62. The topological polar surface area (TPSA) is 29.3 Å². The number of hydrogen-bond acceptors (Lipinski definition) is 2. The van der Waals surface area contributed by atoms with Crippen LogP contribution in [-0.4, -0.2) is 25.0 Å². The molecule has 0 amide bonds. The van der Waals surface area contributed by atoms with E-state index in [9.17, 15) is 0 Å². The molecular formula is C12H17ClN2. The molecule has 0 aromatic heterocycles. The Morgan fingerprint density at radius 1 is 1.33 bits per heavy atom. The molecule has 0 unspecified atom stereocenters. The molecular weight excluding hydrogens is 208 g/mol. The first kappa shape index (κ1) is 12.2. The van der Waals surface area contributed by atoms with Crippen molar-refractivity contribution in [3.63, 3.8) is 0 Å². The largest absolute Gasteiger partial charge is 0.327 e. The molecule has 0 radical (unpaired) electrons. The first-order valence-corrected chi connectivity index (χ1v) is 5.39. The van der Waals surface area contributed by atoms with E-state index in [0.29, 0.717) is 6.54 Å². The highest BCUT2D eigenvalue weighted by Gasteiger charge is 2.01. The molecule has 1 rings (SSSR count). The van der Waals surface area contributed by atoms with Crippen LogP contribution in [-0.2, 0) is 6.54 Å². The van der Waals surface area contributed by atoms with Gasteiger partial charge in [-0.2, -0.15) is 0 Å². The Bertz CT molecular complexity index is 323. The molecule has 1 aromatic carbocycles. The second-order valence-electron chi connectivity index (χ2n) is 3.50. The fourth-order valence-corrected chi connectivity index (χ4v) is 1.53. The molecule has 0 saturated carbocycles. The van der Waals surface area contributed by atoms with Gasteiger partial charge in [-0.05, 0) is 18.7 Å². The highest BCUT2D eigenvalue weighted by molar-refractivity contribution is 6.31. The van der Waals surface area contributed by atoms with E-state index < -0.39 is 0 Å². The Labute approximate surface area is 96.3 Å². The molecule has 0 atom stereocenters. The molecule has 0 fully saturated rings. The van der Waals surface area contributed by atoms with Crippen LogP contribution in [0.1, 0.15) is 5.56 Å². The van der Waals surface area contributed by atoms with Gasteiger partial charge in [0.2, 0.25) is 0 Å². The molecule has 0 aliphatic rings. The maximum Gasteiger partial charge on any atom is 0.0451 e. The third-order valence-electron chi connectivity index (χ3n) is 2.12. The molecule has 1 aromatic rings. The summed E-state index contributed by atoms with van der Waals surface area (Å²) in [6.07, 6.45) is 4.03. The summed E-state index contributed by atoms with van der Waals surface area (Å²) in [5, 5.41) is 0.826. The Morgan fingerprint density at radius 3 is 2.73 bits per heavy atom. The van der Waals surface area contributed by atoms with Crippen molar-refractivity contribution in [2.45, 2.75) is 6.54 Å². The minimum absolute atomic E-state index is 0.597. The lowest BCUT2D eigenvalue weighted by Gasteiger charge is -2.15.